The zero-order chi connectivity index (χ0) is 29.4. The lowest BCUT2D eigenvalue weighted by Gasteiger charge is -2.13. The average Bonchev–Trinajstić information content (AvgIpc) is 3.72. The Balaban J connectivity index is 1.29. The number of nitrogens with zero attached hydrogens (tertiary/aromatic N) is 4. The molecule has 3 N–H and O–H groups in total. The molecule has 12 heteroatoms. The number of fused-ring (bicyclic) bond motifs is 1. The van der Waals surface area contributed by atoms with Crippen molar-refractivity contribution in [2.45, 2.75) is 37.6 Å². The van der Waals surface area contributed by atoms with Crippen molar-refractivity contribution in [1.29, 1.82) is 0 Å². The van der Waals surface area contributed by atoms with Crippen LogP contribution < -0.4 is 24.8 Å². The molecule has 3 aromatic carbocycles. The molecule has 2 heterocycles. The van der Waals surface area contributed by atoms with E-state index in [9.17, 15) is 8.42 Å². The Morgan fingerprint density at radius 1 is 0.905 bits per heavy atom. The van der Waals surface area contributed by atoms with E-state index in [1.165, 1.54) is 0 Å². The first-order valence-electron chi connectivity index (χ1n) is 13.5. The number of aromatic nitrogens is 4. The van der Waals surface area contributed by atoms with Crippen LogP contribution in [0.1, 0.15) is 24.1 Å². The summed E-state index contributed by atoms with van der Waals surface area (Å²) in [4.78, 5) is 9.51. The number of ether oxygens (including phenoxy) is 2. The van der Waals surface area contributed by atoms with E-state index >= 15 is 0 Å². The number of rotatable bonds is 10. The summed E-state index contributed by atoms with van der Waals surface area (Å²) in [6.07, 6.45) is 3.49. The van der Waals surface area contributed by atoms with Crippen molar-refractivity contribution in [2.75, 3.05) is 24.9 Å². The SMILES string of the molecule is COc1cc(Nc2ncc3c(C)nc(-c4cccc(Nc5cccc(S(=O)(=O)NC6CC6)c5)c4)n3n2)cc(C)c1OC. The van der Waals surface area contributed by atoms with E-state index in [0.29, 0.717) is 29.0 Å². The molecule has 0 saturated heterocycles. The molecule has 1 saturated carbocycles. The van der Waals surface area contributed by atoms with Crippen molar-refractivity contribution in [3.05, 3.63) is 78.1 Å². The molecular formula is C30H31N7O4S. The van der Waals surface area contributed by atoms with Crippen LogP contribution in [0.4, 0.5) is 23.0 Å². The van der Waals surface area contributed by atoms with Gasteiger partial charge in [-0.1, -0.05) is 18.2 Å². The molecule has 2 aromatic heterocycles. The summed E-state index contributed by atoms with van der Waals surface area (Å²) in [5, 5.41) is 11.3. The summed E-state index contributed by atoms with van der Waals surface area (Å²) < 4.78 is 40.8. The zero-order valence-corrected chi connectivity index (χ0v) is 24.5. The fraction of sp³-hybridized carbons (Fsp3) is 0.233. The fourth-order valence-corrected chi connectivity index (χ4v) is 6.11. The van der Waals surface area contributed by atoms with Crippen molar-refractivity contribution < 1.29 is 17.9 Å². The van der Waals surface area contributed by atoms with Gasteiger partial charge in [-0.15, -0.1) is 5.10 Å². The average molecular weight is 586 g/mol. The maximum absolute atomic E-state index is 12.7. The van der Waals surface area contributed by atoms with Gasteiger partial charge in [0.25, 0.3) is 0 Å². The van der Waals surface area contributed by atoms with Gasteiger partial charge in [0.15, 0.2) is 17.3 Å². The van der Waals surface area contributed by atoms with E-state index in [1.54, 1.807) is 43.1 Å². The molecular weight excluding hydrogens is 554 g/mol. The first kappa shape index (κ1) is 27.5. The molecule has 0 amide bonds. The summed E-state index contributed by atoms with van der Waals surface area (Å²) in [5.41, 5.74) is 5.50. The van der Waals surface area contributed by atoms with Gasteiger partial charge in [0, 0.05) is 34.7 Å². The van der Waals surface area contributed by atoms with Crippen LogP contribution in [0.2, 0.25) is 0 Å². The summed E-state index contributed by atoms with van der Waals surface area (Å²) >= 11 is 0. The second kappa shape index (κ2) is 11.0. The van der Waals surface area contributed by atoms with Crippen LogP contribution in [0.3, 0.4) is 0 Å². The van der Waals surface area contributed by atoms with Crippen molar-refractivity contribution in [3.8, 4) is 22.9 Å². The van der Waals surface area contributed by atoms with E-state index in [1.807, 2.05) is 56.3 Å². The van der Waals surface area contributed by atoms with Crippen LogP contribution in [0, 0.1) is 13.8 Å². The molecule has 42 heavy (non-hydrogen) atoms. The number of benzene rings is 3. The third-order valence-corrected chi connectivity index (χ3v) is 8.47. The lowest BCUT2D eigenvalue weighted by molar-refractivity contribution is 0.353. The molecule has 1 aliphatic carbocycles. The molecule has 6 rings (SSSR count). The van der Waals surface area contributed by atoms with Crippen LogP contribution in [-0.2, 0) is 10.0 Å². The highest BCUT2D eigenvalue weighted by atomic mass is 32.2. The van der Waals surface area contributed by atoms with E-state index < -0.39 is 10.0 Å². The molecule has 1 aliphatic rings. The van der Waals surface area contributed by atoms with Crippen LogP contribution >= 0.6 is 0 Å². The third kappa shape index (κ3) is 5.58. The van der Waals surface area contributed by atoms with E-state index in [4.69, 9.17) is 19.6 Å². The predicted octanol–water partition coefficient (Wildman–Crippen LogP) is 5.35. The Morgan fingerprint density at radius 3 is 2.40 bits per heavy atom. The standard InChI is InChI=1S/C30H31N7O4S/c1-18-13-24(16-27(40-3)28(18)41-4)34-30-31-17-26-19(2)32-29(37(26)35-30)20-7-5-8-22(14-20)33-23-9-6-10-25(15-23)42(38,39)36-21-11-12-21/h5-10,13-17,21,33,36H,11-12H2,1-4H3,(H,34,35). The minimum atomic E-state index is -3.56. The Hall–Kier alpha value is -4.68. The molecule has 0 atom stereocenters. The minimum Gasteiger partial charge on any atom is -0.493 e. The number of hydrogen-bond acceptors (Lipinski definition) is 9. The Kier molecular flexibility index (Phi) is 7.17. The number of aryl methyl sites for hydroxylation is 2. The summed E-state index contributed by atoms with van der Waals surface area (Å²) in [7, 11) is -0.354. The van der Waals surface area contributed by atoms with Crippen molar-refractivity contribution in [3.63, 3.8) is 0 Å². The number of imidazole rings is 1. The van der Waals surface area contributed by atoms with E-state index in [-0.39, 0.29) is 10.9 Å². The third-order valence-electron chi connectivity index (χ3n) is 6.95. The first-order valence-corrected chi connectivity index (χ1v) is 14.9. The highest BCUT2D eigenvalue weighted by Gasteiger charge is 2.28. The monoisotopic (exact) mass is 585 g/mol. The first-order chi connectivity index (χ1) is 20.2. The normalized spacial score (nSPS) is 13.2. The molecule has 216 valence electrons. The van der Waals surface area contributed by atoms with Gasteiger partial charge in [-0.25, -0.2) is 27.6 Å². The minimum absolute atomic E-state index is 0.0406. The lowest BCUT2D eigenvalue weighted by Crippen LogP contribution is -2.25. The number of nitrogens with one attached hydrogen (secondary N) is 3. The highest BCUT2D eigenvalue weighted by molar-refractivity contribution is 7.89. The number of hydrogen-bond donors (Lipinski definition) is 3. The molecule has 5 aromatic rings. The molecule has 0 unspecified atom stereocenters. The largest absolute Gasteiger partial charge is 0.493 e. The van der Waals surface area contributed by atoms with Gasteiger partial charge in [-0.05, 0) is 68.7 Å². The van der Waals surface area contributed by atoms with Crippen LogP contribution in [0.25, 0.3) is 16.9 Å². The predicted molar refractivity (Wildman–Crippen MR) is 162 cm³/mol. The molecule has 1 fully saturated rings. The van der Waals surface area contributed by atoms with Gasteiger partial charge in [-0.2, -0.15) is 0 Å². The van der Waals surface area contributed by atoms with Gasteiger partial charge in [0.1, 0.15) is 5.52 Å². The molecule has 0 aliphatic heterocycles. The summed E-state index contributed by atoms with van der Waals surface area (Å²) in [6.45, 7) is 3.85. The van der Waals surface area contributed by atoms with Gasteiger partial charge < -0.3 is 20.1 Å². The number of methoxy groups -OCH3 is 2. The van der Waals surface area contributed by atoms with Crippen molar-refractivity contribution >= 4 is 38.6 Å². The second-order valence-electron chi connectivity index (χ2n) is 10.2. The molecule has 11 nitrogen and oxygen atoms in total. The Morgan fingerprint density at radius 2 is 1.67 bits per heavy atom. The van der Waals surface area contributed by atoms with Crippen LogP contribution in [0.5, 0.6) is 11.5 Å². The van der Waals surface area contributed by atoms with Gasteiger partial charge in [0.05, 0.1) is 31.0 Å². The quantitative estimate of drug-likeness (QED) is 0.198. The zero-order valence-electron chi connectivity index (χ0n) is 23.7. The smallest absolute Gasteiger partial charge is 0.245 e. The van der Waals surface area contributed by atoms with Crippen molar-refractivity contribution in [2.24, 2.45) is 0 Å². The van der Waals surface area contributed by atoms with E-state index in [2.05, 4.69) is 20.3 Å². The summed E-state index contributed by atoms with van der Waals surface area (Å²) in [6, 6.07) is 18.3. The highest BCUT2D eigenvalue weighted by Crippen LogP contribution is 2.35. The molecule has 0 bridgehead atoms. The maximum atomic E-state index is 12.7. The number of anilines is 4. The molecule has 0 spiro atoms. The molecule has 0 radical (unpaired) electrons. The topological polar surface area (TPSA) is 132 Å². The van der Waals surface area contributed by atoms with Crippen molar-refractivity contribution in [1.82, 2.24) is 24.3 Å². The number of sulfonamides is 1. The maximum Gasteiger partial charge on any atom is 0.245 e. The van der Waals surface area contributed by atoms with Gasteiger partial charge in [0.2, 0.25) is 16.0 Å². The van der Waals surface area contributed by atoms with Crippen LogP contribution in [-0.4, -0.2) is 48.3 Å². The summed E-state index contributed by atoms with van der Waals surface area (Å²) in [5.74, 6) is 2.31. The lowest BCUT2D eigenvalue weighted by atomic mass is 10.2. The Labute approximate surface area is 244 Å². The van der Waals surface area contributed by atoms with Gasteiger partial charge in [-0.3, -0.25) is 0 Å². The van der Waals surface area contributed by atoms with Crippen LogP contribution in [0.15, 0.2) is 71.8 Å². The second-order valence-corrected chi connectivity index (χ2v) is 11.9. The van der Waals surface area contributed by atoms with E-state index in [0.717, 1.165) is 46.6 Å². The Bertz CT molecular complexity index is 1900. The van der Waals surface area contributed by atoms with Gasteiger partial charge >= 0.3 is 0 Å². The fourth-order valence-electron chi connectivity index (χ4n) is 4.76.